The molecule has 0 spiro atoms. The van der Waals surface area contributed by atoms with Crippen LogP contribution in [-0.4, -0.2) is 46.7 Å². The van der Waals surface area contributed by atoms with Gasteiger partial charge in [0.25, 0.3) is 0 Å². The number of benzene rings is 1. The van der Waals surface area contributed by atoms with Crippen molar-refractivity contribution >= 4 is 12.0 Å². The number of hydrogen-bond acceptors (Lipinski definition) is 4. The van der Waals surface area contributed by atoms with Crippen LogP contribution in [0.1, 0.15) is 39.0 Å². The minimum atomic E-state index is -0.706. The molecule has 2 fully saturated rings. The summed E-state index contributed by atoms with van der Waals surface area (Å²) >= 11 is 0. The first-order valence-corrected chi connectivity index (χ1v) is 9.06. The van der Waals surface area contributed by atoms with Gasteiger partial charge in [-0.15, -0.1) is 0 Å². The van der Waals surface area contributed by atoms with Crippen molar-refractivity contribution in [1.29, 1.82) is 0 Å². The Bertz CT molecular complexity index is 607. The molecule has 3 rings (SSSR count). The topological polar surface area (TPSA) is 78.9 Å². The summed E-state index contributed by atoms with van der Waals surface area (Å²) in [6.07, 6.45) is 3.33. The first-order chi connectivity index (χ1) is 12.0. The van der Waals surface area contributed by atoms with E-state index in [1.165, 1.54) is 11.3 Å². The number of likely N-dealkylation sites (tertiary alicyclic amines) is 1. The maximum atomic E-state index is 12.7. The number of carbonyl (C=O) groups excluding carboxylic acids is 2. The van der Waals surface area contributed by atoms with E-state index >= 15 is 0 Å². The first kappa shape index (κ1) is 17.7. The molecular formula is C19H26N2O4. The lowest BCUT2D eigenvalue weighted by atomic mass is 9.86. The van der Waals surface area contributed by atoms with Crippen molar-refractivity contribution in [2.75, 3.05) is 6.54 Å². The Balaban J connectivity index is 1.64. The number of rotatable bonds is 3. The van der Waals surface area contributed by atoms with Crippen molar-refractivity contribution in [2.24, 2.45) is 5.92 Å². The van der Waals surface area contributed by atoms with Gasteiger partial charge in [-0.1, -0.05) is 38.0 Å². The fourth-order valence-electron chi connectivity index (χ4n) is 3.72. The van der Waals surface area contributed by atoms with Crippen LogP contribution in [-0.2, 0) is 4.79 Å². The van der Waals surface area contributed by atoms with E-state index in [0.29, 0.717) is 11.7 Å². The zero-order chi connectivity index (χ0) is 17.8. The number of nitrogens with zero attached hydrogens (tertiary/aromatic N) is 1. The monoisotopic (exact) mass is 346 g/mol. The quantitative estimate of drug-likeness (QED) is 0.880. The second kappa shape index (κ2) is 7.87. The zero-order valence-electron chi connectivity index (χ0n) is 14.6. The summed E-state index contributed by atoms with van der Waals surface area (Å²) in [6, 6.07) is 8.21. The summed E-state index contributed by atoms with van der Waals surface area (Å²) in [6.45, 7) is 2.26. The van der Waals surface area contributed by atoms with Crippen LogP contribution in [0.15, 0.2) is 30.3 Å². The molecule has 1 heterocycles. The lowest BCUT2D eigenvalue weighted by molar-refractivity contribution is -0.126. The highest BCUT2D eigenvalue weighted by molar-refractivity contribution is 5.87. The Labute approximate surface area is 148 Å². The molecule has 2 aliphatic rings. The van der Waals surface area contributed by atoms with E-state index in [1.807, 2.05) is 6.07 Å². The Morgan fingerprint density at radius 1 is 1.20 bits per heavy atom. The van der Waals surface area contributed by atoms with E-state index < -0.39 is 18.2 Å². The third-order valence-electron chi connectivity index (χ3n) is 5.20. The molecule has 1 saturated heterocycles. The summed E-state index contributed by atoms with van der Waals surface area (Å²) < 4.78 is 5.33. The number of amides is 2. The number of ether oxygens (including phenoxy) is 1. The Hall–Kier alpha value is -2.08. The van der Waals surface area contributed by atoms with Crippen molar-refractivity contribution in [3.63, 3.8) is 0 Å². The smallest absolute Gasteiger partial charge is 0.410 e. The third kappa shape index (κ3) is 4.31. The van der Waals surface area contributed by atoms with Gasteiger partial charge in [0.2, 0.25) is 5.91 Å². The molecule has 1 aliphatic heterocycles. The van der Waals surface area contributed by atoms with Crippen LogP contribution in [0.25, 0.3) is 0 Å². The van der Waals surface area contributed by atoms with Gasteiger partial charge in [-0.2, -0.15) is 0 Å². The molecule has 25 heavy (non-hydrogen) atoms. The first-order valence-electron chi connectivity index (χ1n) is 9.06. The Kier molecular flexibility index (Phi) is 5.58. The van der Waals surface area contributed by atoms with E-state index in [9.17, 15) is 14.7 Å². The van der Waals surface area contributed by atoms with E-state index in [2.05, 4.69) is 12.2 Å². The fourth-order valence-corrected chi connectivity index (χ4v) is 3.72. The molecule has 2 N–H and O–H groups in total. The lowest BCUT2D eigenvalue weighted by Crippen LogP contribution is -2.51. The number of β-amino-alcohol motifs (C(OH)–C–C–N with tert-alkyl or cyclic N) is 1. The van der Waals surface area contributed by atoms with E-state index in [1.54, 1.807) is 24.3 Å². The summed E-state index contributed by atoms with van der Waals surface area (Å²) in [5, 5.41) is 13.0. The van der Waals surface area contributed by atoms with E-state index in [4.69, 9.17) is 4.74 Å². The minimum Gasteiger partial charge on any atom is -0.410 e. The standard InChI is InChI=1S/C19H26N2O4/c1-13-7-5-6-10-16(13)20-18(23)17-11-14(22)12-21(17)19(24)25-15-8-3-2-4-9-15/h2-4,8-9,13-14,16-17,22H,5-7,10-12H2,1H3,(H,20,23). The minimum absolute atomic E-state index is 0.115. The van der Waals surface area contributed by atoms with Gasteiger partial charge in [-0.05, 0) is 30.9 Å². The molecule has 1 aliphatic carbocycles. The average Bonchev–Trinajstić information content (AvgIpc) is 3.00. The number of para-hydroxylation sites is 1. The Morgan fingerprint density at radius 3 is 2.64 bits per heavy atom. The largest absolute Gasteiger partial charge is 0.416 e. The van der Waals surface area contributed by atoms with Crippen molar-refractivity contribution in [3.8, 4) is 5.75 Å². The van der Waals surface area contributed by atoms with Crippen LogP contribution in [0.5, 0.6) is 5.75 Å². The summed E-state index contributed by atoms with van der Waals surface area (Å²) in [4.78, 5) is 26.5. The van der Waals surface area contributed by atoms with Gasteiger partial charge >= 0.3 is 6.09 Å². The predicted octanol–water partition coefficient (Wildman–Crippen LogP) is 2.32. The molecule has 136 valence electrons. The molecule has 4 atom stereocenters. The maximum Gasteiger partial charge on any atom is 0.416 e. The molecule has 4 unspecified atom stereocenters. The van der Waals surface area contributed by atoms with Gasteiger partial charge in [0.05, 0.1) is 12.6 Å². The number of hydrogen-bond donors (Lipinski definition) is 2. The van der Waals surface area contributed by atoms with Crippen molar-refractivity contribution in [3.05, 3.63) is 30.3 Å². The molecule has 2 amide bonds. The van der Waals surface area contributed by atoms with Crippen LogP contribution >= 0.6 is 0 Å². The lowest BCUT2D eigenvalue weighted by Gasteiger charge is -2.31. The van der Waals surface area contributed by atoms with Crippen molar-refractivity contribution < 1.29 is 19.4 Å². The maximum absolute atomic E-state index is 12.7. The highest BCUT2D eigenvalue weighted by atomic mass is 16.6. The van der Waals surface area contributed by atoms with E-state index in [0.717, 1.165) is 19.3 Å². The normalized spacial score (nSPS) is 29.3. The number of carbonyl (C=O) groups is 2. The van der Waals surface area contributed by atoms with Gasteiger partial charge in [0.15, 0.2) is 0 Å². The molecule has 6 nitrogen and oxygen atoms in total. The number of nitrogens with one attached hydrogen (secondary N) is 1. The molecule has 0 bridgehead atoms. The third-order valence-corrected chi connectivity index (χ3v) is 5.20. The molecule has 1 saturated carbocycles. The van der Waals surface area contributed by atoms with Crippen molar-refractivity contribution in [1.82, 2.24) is 10.2 Å². The highest BCUT2D eigenvalue weighted by Gasteiger charge is 2.41. The molecular weight excluding hydrogens is 320 g/mol. The predicted molar refractivity (Wildman–Crippen MR) is 93.1 cm³/mol. The van der Waals surface area contributed by atoms with Crippen molar-refractivity contribution in [2.45, 2.75) is 57.2 Å². The summed E-state index contributed by atoms with van der Waals surface area (Å²) in [5.41, 5.74) is 0. The number of aliphatic hydroxyl groups excluding tert-OH is 1. The molecule has 1 aromatic carbocycles. The van der Waals surface area contributed by atoms with Gasteiger partial charge < -0.3 is 15.2 Å². The van der Waals surface area contributed by atoms with Crippen LogP contribution in [0.2, 0.25) is 0 Å². The van der Waals surface area contributed by atoms with Crippen LogP contribution in [0.4, 0.5) is 4.79 Å². The van der Waals surface area contributed by atoms with Gasteiger partial charge in [0, 0.05) is 12.5 Å². The van der Waals surface area contributed by atoms with Crippen LogP contribution in [0, 0.1) is 5.92 Å². The Morgan fingerprint density at radius 2 is 1.92 bits per heavy atom. The second-order valence-corrected chi connectivity index (χ2v) is 7.12. The van der Waals surface area contributed by atoms with Crippen LogP contribution < -0.4 is 10.1 Å². The molecule has 1 aromatic rings. The summed E-state index contributed by atoms with van der Waals surface area (Å²) in [5.74, 6) is 0.669. The van der Waals surface area contributed by atoms with Gasteiger partial charge in [0.1, 0.15) is 11.8 Å². The van der Waals surface area contributed by atoms with Gasteiger partial charge in [-0.3, -0.25) is 9.69 Å². The zero-order valence-corrected chi connectivity index (χ0v) is 14.6. The van der Waals surface area contributed by atoms with E-state index in [-0.39, 0.29) is 24.9 Å². The molecule has 0 radical (unpaired) electrons. The highest BCUT2D eigenvalue weighted by Crippen LogP contribution is 2.25. The van der Waals surface area contributed by atoms with Gasteiger partial charge in [-0.25, -0.2) is 4.79 Å². The SMILES string of the molecule is CC1CCCCC1NC(=O)C1CC(O)CN1C(=O)Oc1ccccc1. The number of aliphatic hydroxyl groups is 1. The summed E-state index contributed by atoms with van der Waals surface area (Å²) in [7, 11) is 0. The molecule has 0 aromatic heterocycles. The second-order valence-electron chi connectivity index (χ2n) is 7.12. The van der Waals surface area contributed by atoms with Crippen LogP contribution in [0.3, 0.4) is 0 Å². The fraction of sp³-hybridized carbons (Fsp3) is 0.579. The average molecular weight is 346 g/mol. The molecule has 6 heteroatoms.